The fraction of sp³-hybridized carbons (Fsp3) is 0.370. The minimum atomic E-state index is -1.25. The molecule has 0 aliphatic heterocycles. The van der Waals surface area contributed by atoms with Gasteiger partial charge in [-0.25, -0.2) is 9.37 Å². The molecule has 1 fully saturated rings. The maximum Gasteiger partial charge on any atom is 0.271 e. The van der Waals surface area contributed by atoms with Crippen molar-refractivity contribution in [2.75, 3.05) is 6.61 Å². The molecule has 38 heavy (non-hydrogen) atoms. The summed E-state index contributed by atoms with van der Waals surface area (Å²) in [5, 5.41) is 12.2. The van der Waals surface area contributed by atoms with Crippen molar-refractivity contribution in [3.05, 3.63) is 75.0 Å². The third-order valence-electron chi connectivity index (χ3n) is 6.13. The topological polar surface area (TPSA) is 89.2 Å². The lowest BCUT2D eigenvalue weighted by Gasteiger charge is -2.16. The van der Waals surface area contributed by atoms with Crippen molar-refractivity contribution in [1.82, 2.24) is 14.9 Å². The van der Waals surface area contributed by atoms with Crippen LogP contribution in [-0.4, -0.2) is 30.1 Å². The number of ether oxygens (including phenoxy) is 2. The van der Waals surface area contributed by atoms with E-state index >= 15 is 4.39 Å². The van der Waals surface area contributed by atoms with Gasteiger partial charge >= 0.3 is 0 Å². The van der Waals surface area contributed by atoms with Gasteiger partial charge in [-0.2, -0.15) is 5.26 Å². The van der Waals surface area contributed by atoms with Gasteiger partial charge in [-0.3, -0.25) is 4.79 Å². The van der Waals surface area contributed by atoms with E-state index in [4.69, 9.17) is 32.7 Å². The monoisotopic (exact) mass is 574 g/mol. The van der Waals surface area contributed by atoms with Crippen LogP contribution in [-0.2, 0) is 18.0 Å². The van der Waals surface area contributed by atoms with Gasteiger partial charge < -0.3 is 19.4 Å². The van der Waals surface area contributed by atoms with Gasteiger partial charge in [0, 0.05) is 26.8 Å². The Kier molecular flexibility index (Phi) is 8.78. The third-order valence-corrected chi connectivity index (χ3v) is 8.41. The van der Waals surface area contributed by atoms with Gasteiger partial charge in [-0.05, 0) is 54.6 Å². The van der Waals surface area contributed by atoms with Gasteiger partial charge in [-0.1, -0.05) is 48.9 Å². The van der Waals surface area contributed by atoms with Crippen molar-refractivity contribution in [2.24, 2.45) is 0 Å². The Morgan fingerprint density at radius 2 is 2.03 bits per heavy atom. The van der Waals surface area contributed by atoms with Gasteiger partial charge in [0.15, 0.2) is 16.7 Å². The largest absolute Gasteiger partial charge is 0.453 e. The minimum absolute atomic E-state index is 0.0285. The molecule has 0 spiro atoms. The van der Waals surface area contributed by atoms with Crippen LogP contribution in [0.5, 0.6) is 11.5 Å². The Balaban J connectivity index is 1.45. The molecular weight excluding hydrogens is 546 g/mol. The highest BCUT2D eigenvalue weighted by atomic mass is 35.5. The van der Waals surface area contributed by atoms with Gasteiger partial charge in [0.2, 0.25) is 0 Å². The van der Waals surface area contributed by atoms with Crippen molar-refractivity contribution in [1.29, 1.82) is 5.26 Å². The molecule has 3 aromatic rings. The molecule has 0 bridgehead atoms. The first-order valence-corrected chi connectivity index (χ1v) is 16.8. The normalized spacial score (nSPS) is 13.3. The van der Waals surface area contributed by atoms with Crippen molar-refractivity contribution in [2.45, 2.75) is 57.7 Å². The van der Waals surface area contributed by atoms with Crippen LogP contribution in [0.25, 0.3) is 0 Å². The molecule has 1 amide bonds. The lowest BCUT2D eigenvalue weighted by molar-refractivity contribution is 0.0789. The van der Waals surface area contributed by atoms with E-state index < -0.39 is 19.8 Å². The Labute approximate surface area is 232 Å². The third kappa shape index (κ3) is 7.14. The summed E-state index contributed by atoms with van der Waals surface area (Å²) in [6.07, 6.45) is 3.53. The molecule has 0 saturated heterocycles. The second-order valence-corrected chi connectivity index (χ2v) is 16.9. The summed E-state index contributed by atoms with van der Waals surface area (Å²) >= 11 is 12.4. The summed E-state index contributed by atoms with van der Waals surface area (Å²) in [6, 6.07) is 11.2. The Bertz CT molecular complexity index is 1380. The predicted octanol–water partition coefficient (Wildman–Crippen LogP) is 7.11. The van der Waals surface area contributed by atoms with Crippen LogP contribution in [0.2, 0.25) is 35.9 Å². The molecule has 0 atom stereocenters. The average molecular weight is 576 g/mol. The molecule has 1 heterocycles. The molecule has 1 saturated carbocycles. The number of nitrogens with zero attached hydrogens (tertiary/aromatic N) is 3. The standard InChI is InChI=1S/C27H29Cl2FN4O3Si/c1-38(2,3)9-8-36-16-34-15-33-26(29)24(34)27(35)32-14-19-6-7-22(28)25(23(19)30)37-21-11-17(13-31)10-20(12-21)18-4-5-18/h6-7,10-12,15,18H,4-5,8-9,14,16H2,1-3H3,(H,32,35). The van der Waals surface area contributed by atoms with E-state index in [0.29, 0.717) is 23.8 Å². The maximum absolute atomic E-state index is 15.4. The molecular formula is C27H29Cl2FN4O3Si. The number of imidazole rings is 1. The fourth-order valence-corrected chi connectivity index (χ4v) is 4.98. The number of nitrogens with one attached hydrogen (secondary N) is 1. The fourth-order valence-electron chi connectivity index (χ4n) is 3.80. The van der Waals surface area contributed by atoms with Crippen molar-refractivity contribution < 1.29 is 18.7 Å². The molecule has 1 aliphatic carbocycles. The van der Waals surface area contributed by atoms with Crippen LogP contribution in [0.3, 0.4) is 0 Å². The highest BCUT2D eigenvalue weighted by Crippen LogP contribution is 2.42. The first kappa shape index (κ1) is 28.1. The maximum atomic E-state index is 15.4. The summed E-state index contributed by atoms with van der Waals surface area (Å²) in [5.41, 5.74) is 1.72. The van der Waals surface area contributed by atoms with E-state index in [1.165, 1.54) is 23.0 Å². The Morgan fingerprint density at radius 3 is 2.71 bits per heavy atom. The van der Waals surface area contributed by atoms with Gasteiger partial charge in [0.1, 0.15) is 18.2 Å². The van der Waals surface area contributed by atoms with E-state index in [1.54, 1.807) is 12.1 Å². The van der Waals surface area contributed by atoms with Crippen molar-refractivity contribution in [3.8, 4) is 17.6 Å². The molecule has 1 N–H and O–H groups in total. The van der Waals surface area contributed by atoms with Crippen LogP contribution < -0.4 is 10.1 Å². The van der Waals surface area contributed by atoms with Gasteiger partial charge in [-0.15, -0.1) is 0 Å². The molecule has 0 unspecified atom stereocenters. The summed E-state index contributed by atoms with van der Waals surface area (Å²) in [6.45, 7) is 7.33. The van der Waals surface area contributed by atoms with Gasteiger partial charge in [0.05, 0.1) is 23.0 Å². The second kappa shape index (κ2) is 11.9. The van der Waals surface area contributed by atoms with Crippen LogP contribution >= 0.6 is 23.2 Å². The molecule has 1 aromatic heterocycles. The molecule has 200 valence electrons. The molecule has 4 rings (SSSR count). The summed E-state index contributed by atoms with van der Waals surface area (Å²) in [4.78, 5) is 16.9. The van der Waals surface area contributed by atoms with Gasteiger partial charge in [0.25, 0.3) is 5.91 Å². The lowest BCUT2D eigenvalue weighted by Crippen LogP contribution is -2.27. The molecule has 2 aromatic carbocycles. The molecule has 1 aliphatic rings. The predicted molar refractivity (Wildman–Crippen MR) is 147 cm³/mol. The van der Waals surface area contributed by atoms with Crippen LogP contribution in [0.1, 0.15) is 45.9 Å². The number of halogens is 3. The number of amides is 1. The average Bonchev–Trinajstić information content (AvgIpc) is 3.65. The van der Waals surface area contributed by atoms with Crippen LogP contribution in [0.15, 0.2) is 36.7 Å². The summed E-state index contributed by atoms with van der Waals surface area (Å²) < 4.78 is 28.5. The number of hydrogen-bond acceptors (Lipinski definition) is 5. The summed E-state index contributed by atoms with van der Waals surface area (Å²) in [5.74, 6) is -0.679. The molecule has 7 nitrogen and oxygen atoms in total. The second-order valence-electron chi connectivity index (χ2n) is 10.5. The minimum Gasteiger partial charge on any atom is -0.453 e. The number of rotatable bonds is 11. The zero-order chi connectivity index (χ0) is 27.4. The number of benzene rings is 2. The Morgan fingerprint density at radius 1 is 1.26 bits per heavy atom. The first-order chi connectivity index (χ1) is 18.1. The van der Waals surface area contributed by atoms with E-state index in [9.17, 15) is 10.1 Å². The molecule has 11 heteroatoms. The smallest absolute Gasteiger partial charge is 0.271 e. The SMILES string of the molecule is C[Si](C)(C)CCOCn1cnc(Cl)c1C(=O)NCc1ccc(Cl)c(Oc2cc(C#N)cc(C3CC3)c2)c1F. The quantitative estimate of drug-likeness (QED) is 0.194. The van der Waals surface area contributed by atoms with Crippen LogP contribution in [0, 0.1) is 17.1 Å². The number of hydrogen-bond donors (Lipinski definition) is 1. The highest BCUT2D eigenvalue weighted by Gasteiger charge is 2.25. The van der Waals surface area contributed by atoms with E-state index in [0.717, 1.165) is 24.4 Å². The number of carbonyl (C=O) groups excluding carboxylic acids is 1. The van der Waals surface area contributed by atoms with E-state index in [1.807, 2.05) is 6.07 Å². The number of carbonyl (C=O) groups is 1. The number of aromatic nitrogens is 2. The zero-order valence-electron chi connectivity index (χ0n) is 21.5. The summed E-state index contributed by atoms with van der Waals surface area (Å²) in [7, 11) is -1.25. The molecule has 0 radical (unpaired) electrons. The van der Waals surface area contributed by atoms with Crippen LogP contribution in [0.4, 0.5) is 4.39 Å². The van der Waals surface area contributed by atoms with E-state index in [2.05, 4.69) is 36.0 Å². The van der Waals surface area contributed by atoms with Crippen molar-refractivity contribution in [3.63, 3.8) is 0 Å². The zero-order valence-corrected chi connectivity index (χ0v) is 24.0. The highest BCUT2D eigenvalue weighted by molar-refractivity contribution is 6.76. The number of nitriles is 1. The Hall–Kier alpha value is -2.90. The first-order valence-electron chi connectivity index (χ1n) is 12.3. The van der Waals surface area contributed by atoms with Crippen molar-refractivity contribution >= 4 is 37.2 Å². The van der Waals surface area contributed by atoms with E-state index in [-0.39, 0.29) is 40.5 Å². The lowest BCUT2D eigenvalue weighted by atomic mass is 10.1.